The van der Waals surface area contributed by atoms with Crippen LogP contribution in [0.4, 0.5) is 23.7 Å². The number of benzene rings is 1. The number of rotatable bonds is 9. The summed E-state index contributed by atoms with van der Waals surface area (Å²) in [5.74, 6) is -2.68. The van der Waals surface area contributed by atoms with E-state index >= 15 is 0 Å². The molecule has 0 saturated carbocycles. The minimum atomic E-state index is -5.38. The molecule has 0 aliphatic carbocycles. The molecule has 2 saturated heterocycles. The normalized spacial score (nSPS) is 19.2. The highest BCUT2D eigenvalue weighted by atomic mass is 35.5. The molecule has 0 N–H and O–H groups in total. The number of pyridine rings is 1. The van der Waals surface area contributed by atoms with E-state index in [0.29, 0.717) is 10.5 Å². The zero-order valence-electron chi connectivity index (χ0n) is 22.9. The van der Waals surface area contributed by atoms with Crippen molar-refractivity contribution in [3.63, 3.8) is 0 Å². The highest BCUT2D eigenvalue weighted by Crippen LogP contribution is 2.40. The van der Waals surface area contributed by atoms with Crippen molar-refractivity contribution in [1.82, 2.24) is 19.8 Å². The Labute approximate surface area is 245 Å². The maximum absolute atomic E-state index is 13.7. The van der Waals surface area contributed by atoms with Gasteiger partial charge in [0, 0.05) is 48.9 Å². The number of anilines is 1. The lowest BCUT2D eigenvalue weighted by molar-refractivity contribution is -0.232. The molecule has 0 spiro atoms. The summed E-state index contributed by atoms with van der Waals surface area (Å²) in [6, 6.07) is 4.87. The van der Waals surface area contributed by atoms with E-state index in [-0.39, 0.29) is 15.8 Å². The fourth-order valence-electron chi connectivity index (χ4n) is 4.83. The van der Waals surface area contributed by atoms with Crippen LogP contribution < -0.4 is 4.90 Å². The number of halogens is 4. The van der Waals surface area contributed by atoms with Gasteiger partial charge < -0.3 is 14.6 Å². The molecule has 1 unspecified atom stereocenters. The zero-order chi connectivity index (χ0) is 29.9. The Morgan fingerprint density at radius 1 is 1.10 bits per heavy atom. The monoisotopic (exact) mass is 613 g/mol. The number of thioether (sulfide) groups is 1. The standard InChI is InChI=1S/C27H31ClF3N5O4S/c1-26(2,18-7-9-32-10-8-18)22-23(37)35(25(39)36(22)40-24(38)27(29,30)31)19-5-6-21(20(28)17-19)41-16-4-11-34-14-12-33(3)13-15-34/h5-10,17,22H,4,11-16H2,1-3H3. The van der Waals surface area contributed by atoms with Crippen LogP contribution in [-0.2, 0) is 19.8 Å². The minimum Gasteiger partial charge on any atom is -0.327 e. The molecule has 14 heteroatoms. The quantitative estimate of drug-likeness (QED) is 0.231. The van der Waals surface area contributed by atoms with Crippen molar-refractivity contribution < 1.29 is 32.4 Å². The van der Waals surface area contributed by atoms with E-state index in [4.69, 9.17) is 11.6 Å². The molecule has 41 heavy (non-hydrogen) atoms. The number of carbonyl (C=O) groups is 3. The highest BCUT2D eigenvalue weighted by molar-refractivity contribution is 7.99. The lowest BCUT2D eigenvalue weighted by Crippen LogP contribution is -2.50. The van der Waals surface area contributed by atoms with Gasteiger partial charge in [0.25, 0.3) is 5.91 Å². The molecule has 0 bridgehead atoms. The lowest BCUT2D eigenvalue weighted by Gasteiger charge is -2.33. The molecule has 2 fully saturated rings. The number of nitrogens with zero attached hydrogens (tertiary/aromatic N) is 5. The van der Waals surface area contributed by atoms with Crippen LogP contribution in [0.15, 0.2) is 47.6 Å². The van der Waals surface area contributed by atoms with Gasteiger partial charge >= 0.3 is 18.2 Å². The summed E-state index contributed by atoms with van der Waals surface area (Å²) in [5, 5.41) is 0.483. The average Bonchev–Trinajstić information content (AvgIpc) is 3.17. The Kier molecular flexibility index (Phi) is 9.52. The van der Waals surface area contributed by atoms with E-state index in [0.717, 1.165) is 49.8 Å². The molecule has 2 aliphatic rings. The van der Waals surface area contributed by atoms with Gasteiger partial charge in [0.15, 0.2) is 6.04 Å². The van der Waals surface area contributed by atoms with Crippen LogP contribution in [0.3, 0.4) is 0 Å². The number of piperazine rings is 1. The van der Waals surface area contributed by atoms with E-state index < -0.39 is 35.5 Å². The van der Waals surface area contributed by atoms with Crippen molar-refractivity contribution >= 4 is 47.0 Å². The first-order valence-electron chi connectivity index (χ1n) is 13.0. The van der Waals surface area contributed by atoms with Gasteiger partial charge in [-0.05, 0) is 61.7 Å². The van der Waals surface area contributed by atoms with Crippen LogP contribution in [0, 0.1) is 0 Å². The summed E-state index contributed by atoms with van der Waals surface area (Å²) in [6.45, 7) is 8.24. The third-order valence-electron chi connectivity index (χ3n) is 7.24. The molecule has 3 heterocycles. The van der Waals surface area contributed by atoms with Gasteiger partial charge in [-0.15, -0.1) is 16.8 Å². The van der Waals surface area contributed by atoms with Crippen molar-refractivity contribution in [3.05, 3.63) is 53.3 Å². The number of aromatic nitrogens is 1. The Bertz CT molecular complexity index is 1280. The predicted octanol–water partition coefficient (Wildman–Crippen LogP) is 4.60. The van der Waals surface area contributed by atoms with Crippen LogP contribution in [0.25, 0.3) is 0 Å². The lowest BCUT2D eigenvalue weighted by atomic mass is 9.78. The molecule has 0 radical (unpaired) electrons. The smallest absolute Gasteiger partial charge is 0.327 e. The number of alkyl halides is 3. The molecular weight excluding hydrogens is 583 g/mol. The second-order valence-electron chi connectivity index (χ2n) is 10.5. The predicted molar refractivity (Wildman–Crippen MR) is 149 cm³/mol. The first-order valence-corrected chi connectivity index (χ1v) is 14.4. The maximum atomic E-state index is 13.7. The van der Waals surface area contributed by atoms with Crippen LogP contribution >= 0.6 is 23.4 Å². The number of amides is 3. The van der Waals surface area contributed by atoms with Crippen LogP contribution in [0.2, 0.25) is 5.02 Å². The molecule has 1 aromatic heterocycles. The fourth-order valence-corrected chi connectivity index (χ4v) is 6.02. The number of hydroxylamine groups is 2. The Balaban J connectivity index is 1.52. The van der Waals surface area contributed by atoms with Crippen LogP contribution in [0.5, 0.6) is 0 Å². The topological polar surface area (TPSA) is 86.3 Å². The fraction of sp³-hybridized carbons (Fsp3) is 0.481. The molecule has 1 atom stereocenters. The first-order chi connectivity index (χ1) is 19.3. The summed E-state index contributed by atoms with van der Waals surface area (Å²) in [5.41, 5.74) is -0.720. The zero-order valence-corrected chi connectivity index (χ0v) is 24.4. The van der Waals surface area contributed by atoms with Crippen molar-refractivity contribution in [3.8, 4) is 0 Å². The molecule has 222 valence electrons. The van der Waals surface area contributed by atoms with Crippen LogP contribution in [-0.4, -0.2) is 95.5 Å². The third-order valence-corrected chi connectivity index (χ3v) is 8.82. The van der Waals surface area contributed by atoms with Gasteiger partial charge in [0.05, 0.1) is 10.7 Å². The van der Waals surface area contributed by atoms with Crippen molar-refractivity contribution in [2.24, 2.45) is 0 Å². The molecular formula is C27H31ClF3N5O4S. The second kappa shape index (κ2) is 12.6. The maximum Gasteiger partial charge on any atom is 0.493 e. The first kappa shape index (κ1) is 31.1. The Morgan fingerprint density at radius 3 is 2.37 bits per heavy atom. The number of likely N-dealkylation sites (N-methyl/N-ethyl adjacent to an activating group) is 1. The number of carbonyl (C=O) groups excluding carboxylic acids is 3. The number of hydrogen-bond acceptors (Lipinski definition) is 8. The van der Waals surface area contributed by atoms with Crippen molar-refractivity contribution in [1.29, 1.82) is 0 Å². The number of hydrogen-bond donors (Lipinski definition) is 0. The molecule has 2 aliphatic heterocycles. The summed E-state index contributed by atoms with van der Waals surface area (Å²) >= 11 is 8.04. The molecule has 4 rings (SSSR count). The number of urea groups is 1. The highest BCUT2D eigenvalue weighted by Gasteiger charge is 2.57. The van der Waals surface area contributed by atoms with Gasteiger partial charge in [-0.25, -0.2) is 14.5 Å². The second-order valence-corrected chi connectivity index (χ2v) is 12.0. The largest absolute Gasteiger partial charge is 0.493 e. The summed E-state index contributed by atoms with van der Waals surface area (Å²) in [4.78, 5) is 53.4. The van der Waals surface area contributed by atoms with Gasteiger partial charge in [0.2, 0.25) is 0 Å². The summed E-state index contributed by atoms with van der Waals surface area (Å²) in [7, 11) is 2.11. The average molecular weight is 614 g/mol. The Hall–Kier alpha value is -2.87. The van der Waals surface area contributed by atoms with E-state index in [1.807, 2.05) is 0 Å². The third kappa shape index (κ3) is 6.96. The Morgan fingerprint density at radius 2 is 1.76 bits per heavy atom. The van der Waals surface area contributed by atoms with Gasteiger partial charge in [-0.2, -0.15) is 13.2 Å². The number of imide groups is 1. The van der Waals surface area contributed by atoms with Gasteiger partial charge in [-0.1, -0.05) is 25.4 Å². The molecule has 9 nitrogen and oxygen atoms in total. The van der Waals surface area contributed by atoms with E-state index in [9.17, 15) is 27.6 Å². The van der Waals surface area contributed by atoms with Crippen LogP contribution in [0.1, 0.15) is 25.8 Å². The van der Waals surface area contributed by atoms with Gasteiger partial charge in [0.1, 0.15) is 0 Å². The van der Waals surface area contributed by atoms with Crippen molar-refractivity contribution in [2.75, 3.05) is 50.4 Å². The van der Waals surface area contributed by atoms with Gasteiger partial charge in [-0.3, -0.25) is 9.78 Å². The molecule has 1 aromatic carbocycles. The van der Waals surface area contributed by atoms with Crippen molar-refractivity contribution in [2.45, 2.75) is 42.8 Å². The minimum absolute atomic E-state index is 0.0490. The van der Waals surface area contributed by atoms with E-state index in [1.54, 1.807) is 32.0 Å². The SMILES string of the molecule is CN1CCN(CCCSc2ccc(N3C(=O)C(C(C)(C)c4ccncc4)N(OC(=O)C(F)(F)F)C3=O)cc2Cl)CC1. The molecule has 2 aromatic rings. The summed E-state index contributed by atoms with van der Waals surface area (Å²) < 4.78 is 39.3. The van der Waals surface area contributed by atoms with E-state index in [2.05, 4.69) is 26.7 Å². The molecule has 3 amide bonds. The van der Waals surface area contributed by atoms with E-state index in [1.165, 1.54) is 36.3 Å². The summed E-state index contributed by atoms with van der Waals surface area (Å²) in [6.07, 6.45) is -1.54.